The van der Waals surface area contributed by atoms with E-state index >= 15 is 0 Å². The number of alkyl halides is 3. The van der Waals surface area contributed by atoms with Crippen molar-refractivity contribution in [3.05, 3.63) is 41.5 Å². The van der Waals surface area contributed by atoms with Crippen LogP contribution in [0.1, 0.15) is 44.1 Å². The summed E-state index contributed by atoms with van der Waals surface area (Å²) in [5, 5.41) is 2.72. The van der Waals surface area contributed by atoms with Gasteiger partial charge in [0.15, 0.2) is 0 Å². The first-order valence-electron chi connectivity index (χ1n) is 8.80. The number of rotatable bonds is 8. The van der Waals surface area contributed by atoms with Crippen LogP contribution in [0.15, 0.2) is 40.8 Å². The Kier molecular flexibility index (Phi) is 7.43. The van der Waals surface area contributed by atoms with E-state index in [9.17, 15) is 26.4 Å². The standard InChI is InChI=1S/C18H23F3N2O3S/c19-18(20,21)15-7-4-8-16(13-15)27(25,26)23-12-10-17(24)22-11-9-14-5-2-1-3-6-14/h4-5,7-8,13,23H,1-3,6,9-12H2,(H,22,24). The summed E-state index contributed by atoms with van der Waals surface area (Å²) >= 11 is 0. The van der Waals surface area contributed by atoms with Crippen molar-refractivity contribution in [2.24, 2.45) is 0 Å². The van der Waals surface area contributed by atoms with E-state index in [0.717, 1.165) is 43.9 Å². The molecule has 1 aliphatic rings. The Hall–Kier alpha value is -1.87. The molecule has 0 saturated heterocycles. The molecule has 2 N–H and O–H groups in total. The third kappa shape index (κ3) is 6.99. The van der Waals surface area contributed by atoms with Gasteiger partial charge in [-0.15, -0.1) is 0 Å². The minimum Gasteiger partial charge on any atom is -0.356 e. The highest BCUT2D eigenvalue weighted by molar-refractivity contribution is 7.89. The monoisotopic (exact) mass is 404 g/mol. The summed E-state index contributed by atoms with van der Waals surface area (Å²) in [4.78, 5) is 11.3. The summed E-state index contributed by atoms with van der Waals surface area (Å²) < 4.78 is 64.4. The molecule has 0 bridgehead atoms. The molecule has 1 amide bonds. The van der Waals surface area contributed by atoms with Gasteiger partial charge < -0.3 is 5.32 Å². The van der Waals surface area contributed by atoms with Gasteiger partial charge in [-0.05, 0) is 50.3 Å². The Balaban J connectivity index is 1.78. The van der Waals surface area contributed by atoms with Crippen LogP contribution in [0.2, 0.25) is 0 Å². The van der Waals surface area contributed by atoms with Gasteiger partial charge in [0.1, 0.15) is 0 Å². The normalized spacial score (nSPS) is 15.3. The molecule has 0 aromatic heterocycles. The van der Waals surface area contributed by atoms with Gasteiger partial charge in [0, 0.05) is 19.5 Å². The van der Waals surface area contributed by atoms with Crippen molar-refractivity contribution in [2.45, 2.75) is 49.6 Å². The van der Waals surface area contributed by atoms with Crippen LogP contribution in [0.25, 0.3) is 0 Å². The summed E-state index contributed by atoms with van der Waals surface area (Å²) in [7, 11) is -4.12. The van der Waals surface area contributed by atoms with Crippen molar-refractivity contribution in [3.63, 3.8) is 0 Å². The van der Waals surface area contributed by atoms with Crippen LogP contribution in [-0.4, -0.2) is 27.4 Å². The van der Waals surface area contributed by atoms with E-state index in [1.165, 1.54) is 12.0 Å². The molecule has 1 aromatic rings. The van der Waals surface area contributed by atoms with Gasteiger partial charge >= 0.3 is 6.18 Å². The fraction of sp³-hybridized carbons (Fsp3) is 0.500. The summed E-state index contributed by atoms with van der Waals surface area (Å²) in [5.41, 5.74) is 0.284. The Morgan fingerprint density at radius 3 is 2.59 bits per heavy atom. The molecular weight excluding hydrogens is 381 g/mol. The number of nitrogens with one attached hydrogen (secondary N) is 2. The van der Waals surface area contributed by atoms with Crippen LogP contribution >= 0.6 is 0 Å². The Morgan fingerprint density at radius 1 is 1.15 bits per heavy atom. The molecule has 0 spiro atoms. The lowest BCUT2D eigenvalue weighted by atomic mass is 9.97. The fourth-order valence-corrected chi connectivity index (χ4v) is 3.88. The second-order valence-electron chi connectivity index (χ2n) is 6.38. The minimum absolute atomic E-state index is 0.0861. The van der Waals surface area contributed by atoms with Crippen molar-refractivity contribution in [2.75, 3.05) is 13.1 Å². The van der Waals surface area contributed by atoms with Crippen molar-refractivity contribution >= 4 is 15.9 Å². The number of carbonyl (C=O) groups is 1. The van der Waals surface area contributed by atoms with E-state index in [2.05, 4.69) is 16.1 Å². The first-order chi connectivity index (χ1) is 12.7. The number of hydrogen-bond donors (Lipinski definition) is 2. The van der Waals surface area contributed by atoms with Gasteiger partial charge in [-0.25, -0.2) is 13.1 Å². The van der Waals surface area contributed by atoms with E-state index in [-0.39, 0.29) is 18.9 Å². The highest BCUT2D eigenvalue weighted by Gasteiger charge is 2.31. The summed E-state index contributed by atoms with van der Waals surface area (Å²) in [5.74, 6) is -0.307. The molecule has 1 aliphatic carbocycles. The molecule has 9 heteroatoms. The zero-order chi connectivity index (χ0) is 19.9. The first kappa shape index (κ1) is 21.4. The second-order valence-corrected chi connectivity index (χ2v) is 8.15. The Bertz CT molecular complexity index is 789. The maximum absolute atomic E-state index is 12.7. The maximum atomic E-state index is 12.7. The fourth-order valence-electron chi connectivity index (χ4n) is 2.80. The molecule has 0 atom stereocenters. The van der Waals surface area contributed by atoms with Gasteiger partial charge in [-0.2, -0.15) is 13.2 Å². The Morgan fingerprint density at radius 2 is 1.93 bits per heavy atom. The number of allylic oxidation sites excluding steroid dienone is 1. The summed E-state index contributed by atoms with van der Waals surface area (Å²) in [6.07, 6.45) is 2.74. The number of amides is 1. The van der Waals surface area contributed by atoms with Crippen molar-refractivity contribution in [3.8, 4) is 0 Å². The number of hydrogen-bond acceptors (Lipinski definition) is 3. The van der Waals surface area contributed by atoms with Crippen LogP contribution in [-0.2, 0) is 21.0 Å². The smallest absolute Gasteiger partial charge is 0.356 e. The van der Waals surface area contributed by atoms with Crippen molar-refractivity contribution in [1.29, 1.82) is 0 Å². The van der Waals surface area contributed by atoms with Gasteiger partial charge in [0.2, 0.25) is 15.9 Å². The van der Waals surface area contributed by atoms with Crippen molar-refractivity contribution in [1.82, 2.24) is 10.0 Å². The molecule has 27 heavy (non-hydrogen) atoms. The second kappa shape index (κ2) is 9.36. The lowest BCUT2D eigenvalue weighted by molar-refractivity contribution is -0.137. The number of carbonyl (C=O) groups excluding carboxylic acids is 1. The summed E-state index contributed by atoms with van der Waals surface area (Å²) in [6.45, 7) is 0.304. The average molecular weight is 404 g/mol. The van der Waals surface area contributed by atoms with Gasteiger partial charge in [0.05, 0.1) is 10.5 Å². The highest BCUT2D eigenvalue weighted by atomic mass is 32.2. The third-order valence-corrected chi connectivity index (χ3v) is 5.73. The topological polar surface area (TPSA) is 75.3 Å². The van der Waals surface area contributed by atoms with Crippen LogP contribution in [0, 0.1) is 0 Å². The molecule has 0 saturated carbocycles. The molecule has 1 aromatic carbocycles. The molecule has 0 fully saturated rings. The molecule has 0 radical (unpaired) electrons. The van der Waals surface area contributed by atoms with E-state index in [1.54, 1.807) is 0 Å². The van der Waals surface area contributed by atoms with Gasteiger partial charge in [-0.3, -0.25) is 4.79 Å². The van der Waals surface area contributed by atoms with Crippen LogP contribution in [0.4, 0.5) is 13.2 Å². The predicted molar refractivity (Wildman–Crippen MR) is 95.4 cm³/mol. The largest absolute Gasteiger partial charge is 0.416 e. The number of benzene rings is 1. The number of halogens is 3. The molecule has 150 valence electrons. The van der Waals surface area contributed by atoms with E-state index in [1.807, 2.05) is 0 Å². The molecule has 0 aliphatic heterocycles. The zero-order valence-corrected chi connectivity index (χ0v) is 15.6. The molecule has 2 rings (SSSR count). The van der Waals surface area contributed by atoms with Crippen LogP contribution in [0.3, 0.4) is 0 Å². The zero-order valence-electron chi connectivity index (χ0n) is 14.8. The number of sulfonamides is 1. The third-order valence-electron chi connectivity index (χ3n) is 4.27. The molecule has 5 nitrogen and oxygen atoms in total. The predicted octanol–water partition coefficient (Wildman–Crippen LogP) is 3.38. The lowest BCUT2D eigenvalue weighted by Crippen LogP contribution is -2.31. The average Bonchev–Trinajstić information content (AvgIpc) is 2.62. The molecular formula is C18H23F3N2O3S. The Labute approximate surface area is 157 Å². The first-order valence-corrected chi connectivity index (χ1v) is 10.3. The minimum atomic E-state index is -4.63. The van der Waals surface area contributed by atoms with E-state index in [0.29, 0.717) is 12.6 Å². The van der Waals surface area contributed by atoms with Gasteiger partial charge in [0.25, 0.3) is 0 Å². The van der Waals surface area contributed by atoms with E-state index in [4.69, 9.17) is 0 Å². The molecule has 0 heterocycles. The lowest BCUT2D eigenvalue weighted by Gasteiger charge is -2.13. The van der Waals surface area contributed by atoms with Crippen LogP contribution < -0.4 is 10.0 Å². The molecule has 0 unspecified atom stereocenters. The van der Waals surface area contributed by atoms with Crippen molar-refractivity contribution < 1.29 is 26.4 Å². The van der Waals surface area contributed by atoms with Crippen LogP contribution in [0.5, 0.6) is 0 Å². The summed E-state index contributed by atoms with van der Waals surface area (Å²) in [6, 6.07) is 3.48. The highest BCUT2D eigenvalue weighted by Crippen LogP contribution is 2.30. The SMILES string of the molecule is O=C(CCNS(=O)(=O)c1cccc(C(F)(F)F)c1)NCCC1=CCCCC1. The quantitative estimate of drug-likeness (QED) is 0.653. The van der Waals surface area contributed by atoms with Gasteiger partial charge in [-0.1, -0.05) is 17.7 Å². The van der Waals surface area contributed by atoms with E-state index < -0.39 is 26.7 Å². The maximum Gasteiger partial charge on any atom is 0.416 e.